The molecule has 0 bridgehead atoms. The van der Waals surface area contributed by atoms with E-state index in [9.17, 15) is 9.90 Å². The van der Waals surface area contributed by atoms with E-state index < -0.39 is 31.1 Å². The Morgan fingerprint density at radius 3 is 2.50 bits per heavy atom. The lowest BCUT2D eigenvalue weighted by molar-refractivity contribution is -0.143. The molecule has 7 heteroatoms. The number of hydrogen-bond donors (Lipinski definition) is 3. The van der Waals surface area contributed by atoms with Gasteiger partial charge in [-0.05, 0) is 5.53 Å². The second kappa shape index (κ2) is 4.68. The Kier molecular flexibility index (Phi) is 4.24. The number of nitrogens with zero attached hydrogens (tertiary/aromatic N) is 3. The van der Waals surface area contributed by atoms with Gasteiger partial charge in [-0.3, -0.25) is 4.79 Å². The molecule has 0 radical (unpaired) electrons. The lowest BCUT2D eigenvalue weighted by atomic mass is 10.0. The molecule has 0 unspecified atom stereocenters. The first-order chi connectivity index (χ1) is 5.60. The highest BCUT2D eigenvalue weighted by Gasteiger charge is 2.33. The van der Waals surface area contributed by atoms with E-state index in [4.69, 9.17) is 15.7 Å². The van der Waals surface area contributed by atoms with E-state index in [2.05, 4.69) is 10.0 Å². The van der Waals surface area contributed by atoms with E-state index in [0.29, 0.717) is 0 Å². The predicted molar refractivity (Wildman–Crippen MR) is 38.1 cm³/mol. The standard InChI is InChI=1S/C5H9N3O4/c6-8-7-2-5(12,3-10)4(11)1-9/h9-10,12H,1-3H2/t5-/m0/s1. The minimum absolute atomic E-state index is 0.584. The summed E-state index contributed by atoms with van der Waals surface area (Å²) in [6.45, 7) is -2.37. The zero-order chi connectivity index (χ0) is 9.61. The van der Waals surface area contributed by atoms with Crippen LogP contribution in [0.2, 0.25) is 0 Å². The van der Waals surface area contributed by atoms with Crippen molar-refractivity contribution >= 4 is 5.78 Å². The molecule has 0 aromatic rings. The average molecular weight is 175 g/mol. The van der Waals surface area contributed by atoms with Gasteiger partial charge in [-0.2, -0.15) is 0 Å². The van der Waals surface area contributed by atoms with Crippen molar-refractivity contribution in [3.05, 3.63) is 10.4 Å². The SMILES string of the molecule is [N-]=[N+]=NC[C@](O)(CO)C(=O)CO. The van der Waals surface area contributed by atoms with E-state index in [1.807, 2.05) is 0 Å². The van der Waals surface area contributed by atoms with Gasteiger partial charge in [0.15, 0.2) is 11.4 Å². The Hall–Kier alpha value is -1.14. The van der Waals surface area contributed by atoms with Crippen molar-refractivity contribution in [2.45, 2.75) is 5.60 Å². The molecule has 0 aromatic carbocycles. The molecule has 1 atom stereocenters. The number of carbonyl (C=O) groups is 1. The summed E-state index contributed by atoms with van der Waals surface area (Å²) in [6.07, 6.45) is 0. The molecule has 0 saturated carbocycles. The molecule has 68 valence electrons. The third-order valence-corrected chi connectivity index (χ3v) is 1.32. The zero-order valence-corrected chi connectivity index (χ0v) is 6.21. The second-order valence-electron chi connectivity index (χ2n) is 2.16. The maximum Gasteiger partial charge on any atom is 0.192 e. The van der Waals surface area contributed by atoms with E-state index >= 15 is 0 Å². The Morgan fingerprint density at radius 2 is 2.17 bits per heavy atom. The zero-order valence-electron chi connectivity index (χ0n) is 6.21. The van der Waals surface area contributed by atoms with Crippen molar-refractivity contribution in [1.29, 1.82) is 0 Å². The van der Waals surface area contributed by atoms with Crippen molar-refractivity contribution in [1.82, 2.24) is 0 Å². The van der Waals surface area contributed by atoms with Crippen LogP contribution in [0.25, 0.3) is 10.4 Å². The van der Waals surface area contributed by atoms with Crippen LogP contribution in [0, 0.1) is 0 Å². The smallest absolute Gasteiger partial charge is 0.192 e. The maximum atomic E-state index is 10.7. The van der Waals surface area contributed by atoms with Gasteiger partial charge in [0.2, 0.25) is 0 Å². The fourth-order valence-electron chi connectivity index (χ4n) is 0.522. The predicted octanol–water partition coefficient (Wildman–Crippen LogP) is -1.42. The van der Waals surface area contributed by atoms with Crippen LogP contribution in [0.1, 0.15) is 0 Å². The van der Waals surface area contributed by atoms with Gasteiger partial charge in [0.25, 0.3) is 0 Å². The fraction of sp³-hybridized carbons (Fsp3) is 0.800. The van der Waals surface area contributed by atoms with Gasteiger partial charge in [0.1, 0.15) is 6.61 Å². The minimum atomic E-state index is -2.15. The van der Waals surface area contributed by atoms with Gasteiger partial charge in [-0.1, -0.05) is 5.11 Å². The molecule has 0 saturated heterocycles. The van der Waals surface area contributed by atoms with Gasteiger partial charge < -0.3 is 15.3 Å². The summed E-state index contributed by atoms with van der Waals surface area (Å²) in [7, 11) is 0. The van der Waals surface area contributed by atoms with Gasteiger partial charge >= 0.3 is 0 Å². The van der Waals surface area contributed by atoms with Crippen molar-refractivity contribution in [2.24, 2.45) is 5.11 Å². The summed E-state index contributed by atoms with van der Waals surface area (Å²) in [5, 5.41) is 29.0. The number of aliphatic hydroxyl groups is 3. The number of aliphatic hydroxyl groups excluding tert-OH is 2. The normalized spacial score (nSPS) is 14.6. The molecule has 7 nitrogen and oxygen atoms in total. The molecule has 0 aromatic heterocycles. The van der Waals surface area contributed by atoms with Gasteiger partial charge in [-0.15, -0.1) is 0 Å². The first-order valence-electron chi connectivity index (χ1n) is 3.09. The summed E-state index contributed by atoms with van der Waals surface area (Å²) in [5.74, 6) is -0.975. The van der Waals surface area contributed by atoms with Crippen LogP contribution in [-0.2, 0) is 4.79 Å². The average Bonchev–Trinajstić information content (AvgIpc) is 2.12. The van der Waals surface area contributed by atoms with Crippen molar-refractivity contribution in [3.8, 4) is 0 Å². The number of hydrogen-bond acceptors (Lipinski definition) is 5. The maximum absolute atomic E-state index is 10.7. The van der Waals surface area contributed by atoms with Crippen LogP contribution in [0.5, 0.6) is 0 Å². The van der Waals surface area contributed by atoms with E-state index in [1.165, 1.54) is 0 Å². The van der Waals surface area contributed by atoms with Crippen LogP contribution in [0.15, 0.2) is 5.11 Å². The highest BCUT2D eigenvalue weighted by Crippen LogP contribution is 2.05. The van der Waals surface area contributed by atoms with Crippen LogP contribution in [-0.4, -0.2) is 46.5 Å². The Balaban J connectivity index is 4.43. The number of Topliss-reactive ketones (excluding diaryl/α,β-unsaturated/α-hetero) is 1. The van der Waals surface area contributed by atoms with Crippen LogP contribution in [0.3, 0.4) is 0 Å². The van der Waals surface area contributed by atoms with Crippen LogP contribution in [0.4, 0.5) is 0 Å². The van der Waals surface area contributed by atoms with Gasteiger partial charge in [0, 0.05) is 4.91 Å². The Bertz CT molecular complexity index is 213. The monoisotopic (exact) mass is 175 g/mol. The number of carbonyl (C=O) groups excluding carboxylic acids is 1. The molecule has 0 aliphatic heterocycles. The first kappa shape index (κ1) is 10.9. The molecule has 0 aliphatic carbocycles. The number of ketones is 1. The lowest BCUT2D eigenvalue weighted by Crippen LogP contribution is -2.46. The van der Waals surface area contributed by atoms with Crippen molar-refractivity contribution < 1.29 is 20.1 Å². The van der Waals surface area contributed by atoms with Crippen LogP contribution >= 0.6 is 0 Å². The molecule has 0 aliphatic rings. The summed E-state index contributed by atoms with van der Waals surface area (Å²) in [5.41, 5.74) is 5.72. The number of rotatable bonds is 5. The lowest BCUT2D eigenvalue weighted by Gasteiger charge is -2.20. The molecule has 0 rings (SSSR count). The highest BCUT2D eigenvalue weighted by molar-refractivity contribution is 5.88. The Morgan fingerprint density at radius 1 is 1.58 bits per heavy atom. The van der Waals surface area contributed by atoms with Crippen molar-refractivity contribution in [3.63, 3.8) is 0 Å². The molecule has 3 N–H and O–H groups in total. The third kappa shape index (κ3) is 2.48. The summed E-state index contributed by atoms with van der Waals surface area (Å²) in [6, 6.07) is 0. The van der Waals surface area contributed by atoms with E-state index in [-0.39, 0.29) is 0 Å². The number of azide groups is 1. The first-order valence-corrected chi connectivity index (χ1v) is 3.09. The molecule has 0 amide bonds. The van der Waals surface area contributed by atoms with E-state index in [0.717, 1.165) is 0 Å². The second-order valence-corrected chi connectivity index (χ2v) is 2.16. The highest BCUT2D eigenvalue weighted by atomic mass is 16.3. The Labute approximate surface area is 67.9 Å². The largest absolute Gasteiger partial charge is 0.393 e. The van der Waals surface area contributed by atoms with Crippen molar-refractivity contribution in [2.75, 3.05) is 19.8 Å². The van der Waals surface area contributed by atoms with Gasteiger partial charge in [-0.25, -0.2) is 0 Å². The third-order valence-electron chi connectivity index (χ3n) is 1.32. The summed E-state index contributed by atoms with van der Waals surface area (Å²) < 4.78 is 0. The molecule has 12 heavy (non-hydrogen) atoms. The topological polar surface area (TPSA) is 127 Å². The minimum Gasteiger partial charge on any atom is -0.393 e. The molecule has 0 spiro atoms. The summed E-state index contributed by atoms with van der Waals surface area (Å²) in [4.78, 5) is 13.0. The molecule has 0 heterocycles. The summed E-state index contributed by atoms with van der Waals surface area (Å²) >= 11 is 0. The molecule has 0 fully saturated rings. The van der Waals surface area contributed by atoms with Crippen LogP contribution < -0.4 is 0 Å². The van der Waals surface area contributed by atoms with Gasteiger partial charge in [0.05, 0.1) is 13.2 Å². The molecular weight excluding hydrogens is 166 g/mol. The molecular formula is C5H9N3O4. The van der Waals surface area contributed by atoms with E-state index in [1.54, 1.807) is 0 Å². The fourth-order valence-corrected chi connectivity index (χ4v) is 0.522. The quantitative estimate of drug-likeness (QED) is 0.269.